The van der Waals surface area contributed by atoms with Crippen LogP contribution in [0.5, 0.6) is 0 Å². The first-order valence-electron chi connectivity index (χ1n) is 9.35. The number of aryl methyl sites for hydroxylation is 2. The van der Waals surface area contributed by atoms with Gasteiger partial charge < -0.3 is 4.90 Å². The predicted molar refractivity (Wildman–Crippen MR) is 113 cm³/mol. The molecular formula is C21H22N4O2S. The zero-order valence-electron chi connectivity index (χ0n) is 16.0. The highest BCUT2D eigenvalue weighted by Crippen LogP contribution is 2.22. The summed E-state index contributed by atoms with van der Waals surface area (Å²) in [6, 6.07) is 15.7. The molecule has 0 unspecified atom stereocenters. The Morgan fingerprint density at radius 1 is 1.07 bits per heavy atom. The van der Waals surface area contributed by atoms with Crippen molar-refractivity contribution in [3.05, 3.63) is 64.0 Å². The van der Waals surface area contributed by atoms with Gasteiger partial charge in [0.05, 0.1) is 27.8 Å². The molecule has 0 saturated carbocycles. The SMILES string of the molecule is CCn1c(=O)n(CCC(=O)N(C)Cc2nc3ccccc3s2)c2ccccc21. The maximum absolute atomic E-state index is 12.7. The minimum atomic E-state index is -0.0645. The molecule has 7 heteroatoms. The molecule has 144 valence electrons. The van der Waals surface area contributed by atoms with Crippen LogP contribution in [0, 0.1) is 0 Å². The van der Waals surface area contributed by atoms with Crippen molar-refractivity contribution in [1.29, 1.82) is 0 Å². The van der Waals surface area contributed by atoms with Crippen molar-refractivity contribution in [2.45, 2.75) is 33.0 Å². The molecule has 0 aliphatic carbocycles. The second-order valence-corrected chi connectivity index (χ2v) is 7.86. The lowest BCUT2D eigenvalue weighted by Crippen LogP contribution is -2.29. The first-order valence-corrected chi connectivity index (χ1v) is 10.2. The third-order valence-electron chi connectivity index (χ3n) is 4.93. The van der Waals surface area contributed by atoms with E-state index < -0.39 is 0 Å². The molecule has 0 atom stereocenters. The van der Waals surface area contributed by atoms with Crippen LogP contribution in [0.2, 0.25) is 0 Å². The minimum Gasteiger partial charge on any atom is -0.339 e. The first kappa shape index (κ1) is 18.4. The number of hydrogen-bond donors (Lipinski definition) is 0. The van der Waals surface area contributed by atoms with Crippen molar-refractivity contribution in [2.24, 2.45) is 0 Å². The predicted octanol–water partition coefficient (Wildman–Crippen LogP) is 3.48. The highest BCUT2D eigenvalue weighted by atomic mass is 32.1. The zero-order valence-corrected chi connectivity index (χ0v) is 16.8. The highest BCUT2D eigenvalue weighted by molar-refractivity contribution is 7.18. The Morgan fingerprint density at radius 2 is 1.75 bits per heavy atom. The molecule has 4 rings (SSSR count). The molecule has 4 aromatic rings. The van der Waals surface area contributed by atoms with Crippen molar-refractivity contribution >= 4 is 38.5 Å². The Bertz CT molecular complexity index is 1170. The Morgan fingerprint density at radius 3 is 2.46 bits per heavy atom. The molecule has 0 saturated heterocycles. The summed E-state index contributed by atoms with van der Waals surface area (Å²) < 4.78 is 4.56. The number of amides is 1. The Hall–Kier alpha value is -2.93. The van der Waals surface area contributed by atoms with Gasteiger partial charge in [0.15, 0.2) is 0 Å². The van der Waals surface area contributed by atoms with Crippen molar-refractivity contribution < 1.29 is 4.79 Å². The quantitative estimate of drug-likeness (QED) is 0.503. The van der Waals surface area contributed by atoms with Gasteiger partial charge in [0.25, 0.3) is 0 Å². The van der Waals surface area contributed by atoms with E-state index in [0.29, 0.717) is 19.6 Å². The van der Waals surface area contributed by atoms with Crippen LogP contribution in [-0.4, -0.2) is 32.0 Å². The minimum absolute atomic E-state index is 0.000476. The number of para-hydroxylation sites is 3. The number of imidazole rings is 1. The van der Waals surface area contributed by atoms with Crippen LogP contribution in [0.25, 0.3) is 21.3 Å². The van der Waals surface area contributed by atoms with Gasteiger partial charge in [-0.25, -0.2) is 9.78 Å². The fourth-order valence-electron chi connectivity index (χ4n) is 3.47. The number of thiazole rings is 1. The van der Waals surface area contributed by atoms with E-state index >= 15 is 0 Å². The number of carbonyl (C=O) groups excluding carboxylic acids is 1. The fraction of sp³-hybridized carbons (Fsp3) is 0.286. The number of nitrogens with zero attached hydrogens (tertiary/aromatic N) is 4. The molecule has 28 heavy (non-hydrogen) atoms. The summed E-state index contributed by atoms with van der Waals surface area (Å²) in [4.78, 5) is 31.6. The third kappa shape index (κ3) is 3.33. The van der Waals surface area contributed by atoms with Gasteiger partial charge >= 0.3 is 5.69 Å². The summed E-state index contributed by atoms with van der Waals surface area (Å²) in [5.41, 5.74) is 2.67. The molecular weight excluding hydrogens is 372 g/mol. The lowest BCUT2D eigenvalue weighted by molar-refractivity contribution is -0.130. The van der Waals surface area contributed by atoms with Crippen LogP contribution >= 0.6 is 11.3 Å². The van der Waals surface area contributed by atoms with E-state index in [1.165, 1.54) is 0 Å². The molecule has 0 aliphatic rings. The summed E-state index contributed by atoms with van der Waals surface area (Å²) in [7, 11) is 1.78. The summed E-state index contributed by atoms with van der Waals surface area (Å²) >= 11 is 1.60. The topological polar surface area (TPSA) is 60.1 Å². The third-order valence-corrected chi connectivity index (χ3v) is 5.95. The van der Waals surface area contributed by atoms with E-state index in [1.807, 2.05) is 55.5 Å². The summed E-state index contributed by atoms with van der Waals surface area (Å²) in [5.74, 6) is -0.000476. The van der Waals surface area contributed by atoms with E-state index in [1.54, 1.807) is 32.4 Å². The smallest absolute Gasteiger partial charge is 0.329 e. The molecule has 0 radical (unpaired) electrons. The van der Waals surface area contributed by atoms with Crippen LogP contribution < -0.4 is 5.69 Å². The van der Waals surface area contributed by atoms with Gasteiger partial charge in [0.1, 0.15) is 5.01 Å². The van der Waals surface area contributed by atoms with E-state index in [4.69, 9.17) is 0 Å². The number of benzene rings is 2. The molecule has 6 nitrogen and oxygen atoms in total. The van der Waals surface area contributed by atoms with Crippen LogP contribution in [-0.2, 0) is 24.4 Å². The second kappa shape index (κ2) is 7.59. The molecule has 0 fully saturated rings. The lowest BCUT2D eigenvalue weighted by atomic mass is 10.3. The lowest BCUT2D eigenvalue weighted by Gasteiger charge is -2.15. The average molecular weight is 395 g/mol. The van der Waals surface area contributed by atoms with Crippen molar-refractivity contribution in [2.75, 3.05) is 7.05 Å². The maximum Gasteiger partial charge on any atom is 0.329 e. The van der Waals surface area contributed by atoms with Crippen molar-refractivity contribution in [1.82, 2.24) is 19.0 Å². The number of aromatic nitrogens is 3. The molecule has 2 heterocycles. The molecule has 0 bridgehead atoms. The highest BCUT2D eigenvalue weighted by Gasteiger charge is 2.16. The number of fused-ring (bicyclic) bond motifs is 2. The number of rotatable bonds is 6. The summed E-state index contributed by atoms with van der Waals surface area (Å²) in [6.45, 7) is 3.41. The number of carbonyl (C=O) groups is 1. The van der Waals surface area contributed by atoms with Crippen molar-refractivity contribution in [3.8, 4) is 0 Å². The van der Waals surface area contributed by atoms with Gasteiger partial charge in [-0.05, 0) is 31.2 Å². The maximum atomic E-state index is 12.7. The largest absolute Gasteiger partial charge is 0.339 e. The molecule has 0 spiro atoms. The Balaban J connectivity index is 1.47. The standard InChI is InChI=1S/C21H22N4O2S/c1-3-24-16-9-5-6-10-17(16)25(21(24)27)13-12-20(26)23(2)14-19-22-15-8-4-7-11-18(15)28-19/h4-11H,3,12-14H2,1-2H3. The van der Waals surface area contributed by atoms with E-state index in [2.05, 4.69) is 4.98 Å². The molecule has 0 N–H and O–H groups in total. The van der Waals surface area contributed by atoms with E-state index in [9.17, 15) is 9.59 Å². The van der Waals surface area contributed by atoms with Gasteiger partial charge in [-0.3, -0.25) is 13.9 Å². The van der Waals surface area contributed by atoms with Gasteiger partial charge in [0.2, 0.25) is 5.91 Å². The van der Waals surface area contributed by atoms with Gasteiger partial charge in [-0.2, -0.15) is 0 Å². The van der Waals surface area contributed by atoms with Gasteiger partial charge in [0, 0.05) is 26.6 Å². The molecule has 1 amide bonds. The summed E-state index contributed by atoms with van der Waals surface area (Å²) in [5, 5.41) is 0.914. The molecule has 0 aliphatic heterocycles. The van der Waals surface area contributed by atoms with Crippen LogP contribution in [0.4, 0.5) is 0 Å². The van der Waals surface area contributed by atoms with Crippen LogP contribution in [0.15, 0.2) is 53.3 Å². The van der Waals surface area contributed by atoms with E-state index in [0.717, 1.165) is 26.3 Å². The zero-order chi connectivity index (χ0) is 19.7. The van der Waals surface area contributed by atoms with Crippen molar-refractivity contribution in [3.63, 3.8) is 0 Å². The first-order chi connectivity index (χ1) is 13.6. The van der Waals surface area contributed by atoms with Gasteiger partial charge in [-0.1, -0.05) is 24.3 Å². The normalized spacial score (nSPS) is 11.4. The average Bonchev–Trinajstić information content (AvgIpc) is 3.23. The fourth-order valence-corrected chi connectivity index (χ4v) is 4.49. The molecule has 2 aromatic carbocycles. The monoisotopic (exact) mass is 394 g/mol. The number of hydrogen-bond acceptors (Lipinski definition) is 4. The van der Waals surface area contributed by atoms with Crippen LogP contribution in [0.1, 0.15) is 18.4 Å². The van der Waals surface area contributed by atoms with Crippen LogP contribution in [0.3, 0.4) is 0 Å². The van der Waals surface area contributed by atoms with Gasteiger partial charge in [-0.15, -0.1) is 11.3 Å². The second-order valence-electron chi connectivity index (χ2n) is 6.74. The Labute approximate surface area is 166 Å². The van der Waals surface area contributed by atoms with E-state index in [-0.39, 0.29) is 18.0 Å². The summed E-state index contributed by atoms with van der Waals surface area (Å²) in [6.07, 6.45) is 0.277. The Kier molecular flexibility index (Phi) is 5.00. The molecule has 2 aromatic heterocycles.